The Bertz CT molecular complexity index is 2490. The van der Waals surface area contributed by atoms with Crippen molar-refractivity contribution in [2.45, 2.75) is 19.6 Å². The molecule has 0 amide bonds. The number of nitrogens with two attached hydrogens (primary N) is 1. The molecule has 55 heavy (non-hydrogen) atoms. The molecule has 0 bridgehead atoms. The minimum atomic E-state index is -5.04. The summed E-state index contributed by atoms with van der Waals surface area (Å²) in [4.78, 5) is 14.0. The molecule has 4 rings (SSSR count). The fourth-order valence-electron chi connectivity index (χ4n) is 4.11. The molecule has 0 aliphatic rings. The number of hydrogen-bond donors (Lipinski definition) is 5. The minimum Gasteiger partial charge on any atom is -0.505 e. The van der Waals surface area contributed by atoms with Gasteiger partial charge in [-0.3, -0.25) is 19.0 Å². The summed E-state index contributed by atoms with van der Waals surface area (Å²) >= 11 is 1.21. The number of azo groups is 2. The van der Waals surface area contributed by atoms with Crippen LogP contribution in [0.2, 0.25) is 0 Å². The van der Waals surface area contributed by atoms with E-state index in [4.69, 9.17) is 15.5 Å². The molecule has 4 aromatic rings. The Labute approximate surface area is 319 Å². The van der Waals surface area contributed by atoms with E-state index in [0.29, 0.717) is 16.9 Å². The molecule has 28 heteroatoms. The Hall–Kier alpha value is -5.03. The highest BCUT2D eigenvalue weighted by atomic mass is 32.3. The lowest BCUT2D eigenvalue weighted by molar-refractivity contribution is -0.432. The van der Waals surface area contributed by atoms with E-state index in [1.807, 2.05) is 6.11 Å². The van der Waals surface area contributed by atoms with Crippen molar-refractivity contribution in [2.24, 2.45) is 25.7 Å². The normalized spacial score (nSPS) is 12.0. The second-order valence-corrected chi connectivity index (χ2v) is 16.2. The maximum Gasteiger partial charge on any atom is 0.433 e. The molecule has 0 aromatic heterocycles. The molecule has 0 unspecified atom stereocenters. The highest BCUT2D eigenvalue weighted by Gasteiger charge is 2.25. The number of fused-ring (bicyclic) bond motifs is 1. The Morgan fingerprint density at radius 1 is 0.891 bits per heavy atom. The number of hydrogen-bond acceptors (Lipinski definition) is 21. The molecule has 0 saturated heterocycles. The summed E-state index contributed by atoms with van der Waals surface area (Å²) < 4.78 is 97.5. The number of phenols is 1. The lowest BCUT2D eigenvalue weighted by atomic mass is 10.1. The van der Waals surface area contributed by atoms with Gasteiger partial charge in [0.15, 0.2) is 21.7 Å². The summed E-state index contributed by atoms with van der Waals surface area (Å²) in [6.07, 6.45) is 1.89. The molecule has 0 aliphatic heterocycles. The third-order valence-corrected chi connectivity index (χ3v) is 10.6. The van der Waals surface area contributed by atoms with Gasteiger partial charge in [0.05, 0.1) is 61.9 Å². The van der Waals surface area contributed by atoms with E-state index < -0.39 is 58.1 Å². The van der Waals surface area contributed by atoms with Crippen molar-refractivity contribution >= 4 is 93.4 Å². The molecular weight excluding hydrogens is 839 g/mol. The molecule has 8 N–H and O–H groups in total. The monoisotopic (exact) mass is 863 g/mol. The number of rotatable bonds is 16. The second kappa shape index (κ2) is 19.0. The average molecular weight is 864 g/mol. The van der Waals surface area contributed by atoms with E-state index >= 15 is 0 Å². The Balaban J connectivity index is 0.00000812. The Morgan fingerprint density at radius 2 is 1.49 bits per heavy atom. The maximum atomic E-state index is 12.6. The van der Waals surface area contributed by atoms with Gasteiger partial charge in [0, 0.05) is 17.2 Å². The molecule has 23 nitrogen and oxygen atoms in total. The van der Waals surface area contributed by atoms with Gasteiger partial charge in [0.1, 0.15) is 16.3 Å². The zero-order chi connectivity index (χ0) is 39.7. The van der Waals surface area contributed by atoms with Gasteiger partial charge in [-0.2, -0.15) is 27.1 Å². The van der Waals surface area contributed by atoms with E-state index in [1.54, 1.807) is 0 Å². The Kier molecular flexibility index (Phi) is 15.3. The van der Waals surface area contributed by atoms with Crippen molar-refractivity contribution in [3.05, 3.63) is 65.6 Å². The van der Waals surface area contributed by atoms with E-state index in [-0.39, 0.29) is 49.6 Å². The number of sulfone groups is 1. The van der Waals surface area contributed by atoms with Gasteiger partial charge in [-0.05, 0) is 82.1 Å². The van der Waals surface area contributed by atoms with Crippen LogP contribution in [-0.2, 0) is 48.9 Å². The van der Waals surface area contributed by atoms with E-state index in [1.165, 1.54) is 61.6 Å². The third-order valence-electron chi connectivity index (χ3n) is 6.51. The minimum absolute atomic E-state index is 0. The topological polar surface area (TPSA) is 360 Å². The summed E-state index contributed by atoms with van der Waals surface area (Å²) in [6, 6.07) is 13.0. The molecule has 0 aliphatic carbocycles. The van der Waals surface area contributed by atoms with E-state index in [2.05, 4.69) is 49.6 Å². The predicted molar refractivity (Wildman–Crippen MR) is 193 cm³/mol. The molecule has 0 saturated carbocycles. The number of thioether (sulfide) groups is 1. The largest absolute Gasteiger partial charge is 0.505 e. The SMILES string of the molecule is CN(CCS(=O)(=O)c1ccc(N=Nc2c(S(=O)(=O)O)cc3cc(SOOO)c(N=Nc4ccc(SC#COOS(=O)(=O)O)cc4)c(O)c3c2N)cc1)N=O.O. The van der Waals surface area contributed by atoms with Gasteiger partial charge in [-0.1, -0.05) is 5.04 Å². The zero-order valence-corrected chi connectivity index (χ0v) is 31.4. The van der Waals surface area contributed by atoms with Gasteiger partial charge < -0.3 is 16.3 Å². The second-order valence-electron chi connectivity index (χ2n) is 10.1. The van der Waals surface area contributed by atoms with Crippen molar-refractivity contribution in [3.63, 3.8) is 0 Å². The smallest absolute Gasteiger partial charge is 0.433 e. The van der Waals surface area contributed by atoms with Crippen LogP contribution in [0.25, 0.3) is 10.8 Å². The number of nitrogen functional groups attached to an aromatic ring is 1. The lowest BCUT2D eigenvalue weighted by Gasteiger charge is -2.14. The summed E-state index contributed by atoms with van der Waals surface area (Å²) in [7, 11) is -12.4. The maximum absolute atomic E-state index is 12.6. The summed E-state index contributed by atoms with van der Waals surface area (Å²) in [5, 5.41) is 45.2. The van der Waals surface area contributed by atoms with E-state index in [9.17, 15) is 39.8 Å². The van der Waals surface area contributed by atoms with Crippen molar-refractivity contribution < 1.29 is 68.8 Å². The highest BCUT2D eigenvalue weighted by molar-refractivity contribution is 8.04. The first-order valence-electron chi connectivity index (χ1n) is 14.0. The molecule has 0 heterocycles. The van der Waals surface area contributed by atoms with Crippen molar-refractivity contribution in [1.82, 2.24) is 5.01 Å². The fraction of sp³-hybridized carbons (Fsp3) is 0.111. The molecule has 0 radical (unpaired) electrons. The first kappa shape index (κ1) is 44.4. The van der Waals surface area contributed by atoms with Crippen LogP contribution in [0.1, 0.15) is 0 Å². The lowest BCUT2D eigenvalue weighted by Crippen LogP contribution is -2.20. The van der Waals surface area contributed by atoms with Gasteiger partial charge in [0.2, 0.25) is 0 Å². The number of anilines is 1. The fourth-order valence-corrected chi connectivity index (χ4v) is 7.15. The van der Waals surface area contributed by atoms with Crippen LogP contribution in [-0.4, -0.2) is 74.6 Å². The van der Waals surface area contributed by atoms with Crippen LogP contribution >= 0.6 is 23.8 Å². The van der Waals surface area contributed by atoms with Gasteiger partial charge >= 0.3 is 10.4 Å². The standard InChI is InChI=1S/C27H23N7O15S5.H2O/c1-34(33-36)10-13-52(38,39)20-8-4-18(5-9-20)30-32-26-22(53(40,41)42)15-16-14-21(51-48-47-37)25(27(35)23(16)24(26)28)31-29-17-2-6-19(7-3-17)50-12-11-46-49-54(43,44)45;/h2-9,14-15,35,37H,10,13,28H2,1H3,(H,40,41,42)(H,43,44,45);1H2. The number of phenolic OH excluding ortho intramolecular Hbond substituents is 1. The van der Waals surface area contributed by atoms with Crippen LogP contribution in [0.4, 0.5) is 28.4 Å². The van der Waals surface area contributed by atoms with Crippen LogP contribution in [0, 0.1) is 16.3 Å². The summed E-state index contributed by atoms with van der Waals surface area (Å²) in [5.41, 5.74) is 5.15. The zero-order valence-electron chi connectivity index (χ0n) is 27.3. The molecule has 4 aromatic carbocycles. The first-order valence-corrected chi connectivity index (χ1v) is 20.0. The number of nitroso groups, excluding NO2 is 1. The third kappa shape index (κ3) is 12.2. The van der Waals surface area contributed by atoms with Crippen molar-refractivity contribution in [1.29, 1.82) is 0 Å². The highest BCUT2D eigenvalue weighted by Crippen LogP contribution is 2.49. The number of nitrogens with zero attached hydrogens (tertiary/aromatic N) is 6. The summed E-state index contributed by atoms with van der Waals surface area (Å²) in [5.74, 6) is -1.10. The van der Waals surface area contributed by atoms with Gasteiger partial charge in [-0.15, -0.1) is 19.5 Å². The molecule has 294 valence electrons. The molecule has 0 atom stereocenters. The molecule has 0 spiro atoms. The van der Waals surface area contributed by atoms with Crippen LogP contribution in [0.15, 0.2) is 106 Å². The molecule has 0 fully saturated rings. The average Bonchev–Trinajstić information content (AvgIpc) is 3.11. The Morgan fingerprint density at radius 3 is 2.05 bits per heavy atom. The molecular formula is C27H25N7O16S5. The predicted octanol–water partition coefficient (Wildman–Crippen LogP) is 4.96. The van der Waals surface area contributed by atoms with Crippen molar-refractivity contribution in [2.75, 3.05) is 25.1 Å². The number of benzene rings is 4. The van der Waals surface area contributed by atoms with Crippen LogP contribution in [0.3, 0.4) is 0 Å². The van der Waals surface area contributed by atoms with Crippen molar-refractivity contribution in [3.8, 4) is 17.1 Å². The van der Waals surface area contributed by atoms with Gasteiger partial charge in [0.25, 0.3) is 10.1 Å². The van der Waals surface area contributed by atoms with Gasteiger partial charge in [-0.25, -0.2) is 13.7 Å². The van der Waals surface area contributed by atoms with Crippen LogP contribution in [0.5, 0.6) is 5.75 Å². The quantitative estimate of drug-likeness (QED) is 0.0114. The first-order chi connectivity index (χ1) is 25.4. The van der Waals surface area contributed by atoms with E-state index in [0.717, 1.165) is 22.8 Å². The van der Waals surface area contributed by atoms with Crippen LogP contribution < -0.4 is 5.73 Å². The summed E-state index contributed by atoms with van der Waals surface area (Å²) in [6.45, 7) is -0.158. The number of aromatic hydroxyl groups is 1.